The molecule has 0 N–H and O–H groups in total. The lowest BCUT2D eigenvalue weighted by Gasteiger charge is -2.44. The van der Waals surface area contributed by atoms with Crippen molar-refractivity contribution in [2.75, 3.05) is 18.5 Å². The van der Waals surface area contributed by atoms with E-state index in [0.29, 0.717) is 5.41 Å². The molecule has 2 bridgehead atoms. The minimum atomic E-state index is 0.498. The zero-order valence-electron chi connectivity index (χ0n) is 9.38. The third kappa shape index (κ3) is 1.68. The Hall–Kier alpha value is 0.440. The molecule has 1 nitrogen and oxygen atoms in total. The summed E-state index contributed by atoms with van der Waals surface area (Å²) in [5.74, 6) is 3.07. The van der Waals surface area contributed by atoms with E-state index in [1.54, 1.807) is 0 Å². The minimum Gasteiger partial charge on any atom is -0.381 e. The molecule has 4 atom stereocenters. The number of halogens is 1. The minimum absolute atomic E-state index is 0.498. The largest absolute Gasteiger partial charge is 0.381 e. The summed E-state index contributed by atoms with van der Waals surface area (Å²) in [5, 5.41) is 1.16. The summed E-state index contributed by atoms with van der Waals surface area (Å²) in [6, 6.07) is 0. The molecular formula is C13H21BrO. The molecule has 86 valence electrons. The Morgan fingerprint density at radius 3 is 2.73 bits per heavy atom. The zero-order chi connectivity index (χ0) is 10.3. The van der Waals surface area contributed by atoms with E-state index in [-0.39, 0.29) is 0 Å². The molecule has 2 aliphatic carbocycles. The first-order chi connectivity index (χ1) is 7.34. The molecule has 15 heavy (non-hydrogen) atoms. The summed E-state index contributed by atoms with van der Waals surface area (Å²) < 4.78 is 5.77. The first kappa shape index (κ1) is 10.6. The maximum absolute atomic E-state index is 5.77. The molecule has 2 heteroatoms. The number of hydrogen-bond acceptors (Lipinski definition) is 1. The summed E-state index contributed by atoms with van der Waals surface area (Å²) >= 11 is 3.77. The van der Waals surface area contributed by atoms with Gasteiger partial charge in [-0.2, -0.15) is 0 Å². The number of hydrogen-bond donors (Lipinski definition) is 0. The maximum Gasteiger partial charge on any atom is 0.0533 e. The van der Waals surface area contributed by atoms with Crippen molar-refractivity contribution >= 4 is 15.9 Å². The topological polar surface area (TPSA) is 9.23 Å². The highest BCUT2D eigenvalue weighted by Gasteiger charge is 2.50. The van der Waals surface area contributed by atoms with Gasteiger partial charge in [-0.3, -0.25) is 0 Å². The highest BCUT2D eigenvalue weighted by molar-refractivity contribution is 9.09. The molecule has 0 amide bonds. The van der Waals surface area contributed by atoms with Crippen LogP contribution in [0.1, 0.15) is 38.5 Å². The molecule has 0 aromatic rings. The van der Waals surface area contributed by atoms with Crippen molar-refractivity contribution < 1.29 is 4.74 Å². The van der Waals surface area contributed by atoms with Crippen LogP contribution >= 0.6 is 15.9 Å². The summed E-state index contributed by atoms with van der Waals surface area (Å²) in [4.78, 5) is 0. The molecule has 4 unspecified atom stereocenters. The molecule has 3 rings (SSSR count). The van der Waals surface area contributed by atoms with E-state index in [2.05, 4.69) is 15.9 Å². The van der Waals surface area contributed by atoms with E-state index in [4.69, 9.17) is 4.74 Å². The van der Waals surface area contributed by atoms with Gasteiger partial charge in [0.25, 0.3) is 0 Å². The van der Waals surface area contributed by atoms with E-state index >= 15 is 0 Å². The van der Waals surface area contributed by atoms with Crippen molar-refractivity contribution in [3.63, 3.8) is 0 Å². The third-order valence-electron chi connectivity index (χ3n) is 5.14. The quantitative estimate of drug-likeness (QED) is 0.698. The molecule has 3 fully saturated rings. The summed E-state index contributed by atoms with van der Waals surface area (Å²) in [6.07, 6.45) is 8.72. The van der Waals surface area contributed by atoms with Crippen LogP contribution < -0.4 is 0 Å². The Kier molecular flexibility index (Phi) is 2.84. The molecule has 0 radical (unpaired) electrons. The van der Waals surface area contributed by atoms with E-state index in [0.717, 1.165) is 36.3 Å². The monoisotopic (exact) mass is 272 g/mol. The molecule has 1 heterocycles. The maximum atomic E-state index is 5.77. The van der Waals surface area contributed by atoms with Gasteiger partial charge in [0, 0.05) is 17.4 Å². The predicted octanol–water partition coefficient (Wildman–Crippen LogP) is 3.61. The van der Waals surface area contributed by atoms with E-state index in [1.807, 2.05) is 0 Å². The highest BCUT2D eigenvalue weighted by Crippen LogP contribution is 2.57. The first-order valence-corrected chi connectivity index (χ1v) is 7.60. The molecule has 2 saturated carbocycles. The third-order valence-corrected chi connectivity index (χ3v) is 6.26. The second-order valence-corrected chi connectivity index (χ2v) is 6.49. The molecular weight excluding hydrogens is 252 g/mol. The van der Waals surface area contributed by atoms with E-state index in [1.165, 1.54) is 38.5 Å². The fourth-order valence-corrected chi connectivity index (χ4v) is 5.22. The number of fused-ring (bicyclic) bond motifs is 2. The Labute approximate surface area is 101 Å². The lowest BCUT2D eigenvalue weighted by atomic mass is 9.67. The molecule has 0 aromatic heterocycles. The Balaban J connectivity index is 1.77. The van der Waals surface area contributed by atoms with Crippen molar-refractivity contribution in [3.8, 4) is 0 Å². The average molecular weight is 273 g/mol. The molecule has 1 saturated heterocycles. The van der Waals surface area contributed by atoms with Gasteiger partial charge in [-0.05, 0) is 49.9 Å². The molecule has 1 aliphatic heterocycles. The van der Waals surface area contributed by atoms with Crippen LogP contribution in [-0.2, 0) is 4.74 Å². The van der Waals surface area contributed by atoms with Gasteiger partial charge >= 0.3 is 0 Å². The van der Waals surface area contributed by atoms with E-state index < -0.39 is 0 Å². The van der Waals surface area contributed by atoms with Crippen LogP contribution in [0.25, 0.3) is 0 Å². The smallest absolute Gasteiger partial charge is 0.0533 e. The Bertz CT molecular complexity index is 235. The van der Waals surface area contributed by atoms with Crippen LogP contribution in [0.2, 0.25) is 0 Å². The molecule has 3 aliphatic rings. The van der Waals surface area contributed by atoms with Crippen molar-refractivity contribution in [3.05, 3.63) is 0 Å². The van der Waals surface area contributed by atoms with Crippen molar-refractivity contribution in [2.24, 2.45) is 23.2 Å². The van der Waals surface area contributed by atoms with Crippen molar-refractivity contribution in [1.82, 2.24) is 0 Å². The standard InChI is InChI=1S/C13H21BrO/c14-8-13(4-1-5-15-9-13)12-7-10-2-3-11(12)6-10/h10-12H,1-9H2. The lowest BCUT2D eigenvalue weighted by Crippen LogP contribution is -2.42. The lowest BCUT2D eigenvalue weighted by molar-refractivity contribution is -0.0418. The van der Waals surface area contributed by atoms with Gasteiger partial charge in [-0.25, -0.2) is 0 Å². The highest BCUT2D eigenvalue weighted by atomic mass is 79.9. The first-order valence-electron chi connectivity index (χ1n) is 6.48. The predicted molar refractivity (Wildman–Crippen MR) is 65.2 cm³/mol. The van der Waals surface area contributed by atoms with Gasteiger partial charge in [0.15, 0.2) is 0 Å². The van der Waals surface area contributed by atoms with Crippen LogP contribution in [0.3, 0.4) is 0 Å². The molecule has 0 spiro atoms. The summed E-state index contributed by atoms with van der Waals surface area (Å²) in [7, 11) is 0. The fraction of sp³-hybridized carbons (Fsp3) is 1.00. The second-order valence-electron chi connectivity index (χ2n) is 5.93. The van der Waals surface area contributed by atoms with Crippen molar-refractivity contribution in [2.45, 2.75) is 38.5 Å². The number of ether oxygens (including phenoxy) is 1. The SMILES string of the molecule is BrCC1(C2CC3CCC2C3)CCCOC1. The Morgan fingerprint density at radius 2 is 2.20 bits per heavy atom. The second kappa shape index (κ2) is 4.03. The number of alkyl halides is 1. The fourth-order valence-electron chi connectivity index (χ4n) is 4.37. The molecule has 0 aromatic carbocycles. The zero-order valence-corrected chi connectivity index (χ0v) is 11.0. The van der Waals surface area contributed by atoms with E-state index in [9.17, 15) is 0 Å². The normalized spacial score (nSPS) is 49.8. The van der Waals surface area contributed by atoms with Gasteiger partial charge in [-0.1, -0.05) is 22.4 Å². The average Bonchev–Trinajstić information content (AvgIpc) is 2.92. The van der Waals surface area contributed by atoms with Crippen LogP contribution in [-0.4, -0.2) is 18.5 Å². The van der Waals surface area contributed by atoms with Gasteiger partial charge in [0.2, 0.25) is 0 Å². The van der Waals surface area contributed by atoms with Gasteiger partial charge in [0.05, 0.1) is 6.61 Å². The summed E-state index contributed by atoms with van der Waals surface area (Å²) in [6.45, 7) is 2.02. The van der Waals surface area contributed by atoms with Crippen molar-refractivity contribution in [1.29, 1.82) is 0 Å². The number of rotatable bonds is 2. The van der Waals surface area contributed by atoms with Crippen LogP contribution in [0, 0.1) is 23.2 Å². The van der Waals surface area contributed by atoms with Gasteiger partial charge in [0.1, 0.15) is 0 Å². The van der Waals surface area contributed by atoms with Crippen LogP contribution in [0.15, 0.2) is 0 Å². The van der Waals surface area contributed by atoms with Gasteiger partial charge < -0.3 is 4.74 Å². The summed E-state index contributed by atoms with van der Waals surface area (Å²) in [5.41, 5.74) is 0.498. The van der Waals surface area contributed by atoms with Crippen LogP contribution in [0.4, 0.5) is 0 Å². The Morgan fingerprint density at radius 1 is 1.27 bits per heavy atom. The van der Waals surface area contributed by atoms with Crippen LogP contribution in [0.5, 0.6) is 0 Å². The van der Waals surface area contributed by atoms with Gasteiger partial charge in [-0.15, -0.1) is 0 Å².